The van der Waals surface area contributed by atoms with Gasteiger partial charge in [-0.3, -0.25) is 9.59 Å². The number of aromatic amines is 1. The molecule has 15 heteroatoms. The minimum Gasteiger partial charge on any atom is -0.350 e. The second-order valence-electron chi connectivity index (χ2n) is 7.30. The first-order chi connectivity index (χ1) is 17.3. The number of anilines is 2. The van der Waals surface area contributed by atoms with Crippen molar-refractivity contribution in [3.05, 3.63) is 94.2 Å². The second kappa shape index (κ2) is 9.15. The molecule has 0 aliphatic rings. The topological polar surface area (TPSA) is 56.4 Å². The SMILES string of the molecule is O=C(c1ccc2[nH]c(C(=O)N(F)c3cc(F)c(F)c(F)c3F)cc2c1)N(F)c1cc(F)c(F)c(F)c1F. The van der Waals surface area contributed by atoms with Crippen molar-refractivity contribution in [2.45, 2.75) is 0 Å². The van der Waals surface area contributed by atoms with Crippen LogP contribution in [-0.2, 0) is 0 Å². The summed E-state index contributed by atoms with van der Waals surface area (Å²) in [6.07, 6.45) is 0. The first kappa shape index (κ1) is 25.5. The molecule has 0 bridgehead atoms. The smallest absolute Gasteiger partial charge is 0.302 e. The monoisotopic (exact) mass is 535 g/mol. The molecule has 0 saturated heterocycles. The molecule has 0 atom stereocenters. The van der Waals surface area contributed by atoms with E-state index in [4.69, 9.17) is 0 Å². The van der Waals surface area contributed by atoms with Crippen LogP contribution in [0.15, 0.2) is 36.4 Å². The van der Waals surface area contributed by atoms with Crippen molar-refractivity contribution in [1.29, 1.82) is 0 Å². The number of carbonyl (C=O) groups excluding carboxylic acids is 2. The fourth-order valence-electron chi connectivity index (χ4n) is 3.23. The average molecular weight is 535 g/mol. The Morgan fingerprint density at radius 1 is 0.595 bits per heavy atom. The molecule has 1 heterocycles. The lowest BCUT2D eigenvalue weighted by Gasteiger charge is -2.14. The van der Waals surface area contributed by atoms with E-state index >= 15 is 0 Å². The lowest BCUT2D eigenvalue weighted by atomic mass is 10.1. The number of carbonyl (C=O) groups is 2. The van der Waals surface area contributed by atoms with Crippen LogP contribution >= 0.6 is 0 Å². The molecule has 0 aliphatic heterocycles. The van der Waals surface area contributed by atoms with E-state index in [2.05, 4.69) is 4.98 Å². The summed E-state index contributed by atoms with van der Waals surface area (Å²) in [5.74, 6) is -21.0. The second-order valence-corrected chi connectivity index (χ2v) is 7.30. The van der Waals surface area contributed by atoms with E-state index in [1.54, 1.807) is 0 Å². The molecule has 2 amide bonds. The van der Waals surface area contributed by atoms with Crippen LogP contribution in [0.25, 0.3) is 10.9 Å². The minimum absolute atomic E-state index is 0.0132. The molecule has 37 heavy (non-hydrogen) atoms. The van der Waals surface area contributed by atoms with Gasteiger partial charge in [-0.1, -0.05) is 8.96 Å². The molecule has 192 valence electrons. The predicted molar refractivity (Wildman–Crippen MR) is 107 cm³/mol. The third-order valence-electron chi connectivity index (χ3n) is 5.04. The summed E-state index contributed by atoms with van der Waals surface area (Å²) >= 11 is 0. The zero-order valence-corrected chi connectivity index (χ0v) is 17.5. The summed E-state index contributed by atoms with van der Waals surface area (Å²) in [5.41, 5.74) is -4.47. The van der Waals surface area contributed by atoms with Gasteiger partial charge in [0.1, 0.15) is 17.1 Å². The van der Waals surface area contributed by atoms with Gasteiger partial charge >= 0.3 is 5.91 Å². The Kier molecular flexibility index (Phi) is 6.31. The van der Waals surface area contributed by atoms with Crippen LogP contribution in [0, 0.1) is 46.5 Å². The van der Waals surface area contributed by atoms with Gasteiger partial charge in [0.25, 0.3) is 5.91 Å². The summed E-state index contributed by atoms with van der Waals surface area (Å²) in [7, 11) is 0. The van der Waals surface area contributed by atoms with E-state index < -0.39 is 91.2 Å². The molecule has 3 aromatic carbocycles. The highest BCUT2D eigenvalue weighted by Crippen LogP contribution is 2.30. The number of halogens is 10. The van der Waals surface area contributed by atoms with Crippen LogP contribution in [0.1, 0.15) is 20.8 Å². The predicted octanol–water partition coefficient (Wildman–Crippen LogP) is 6.34. The van der Waals surface area contributed by atoms with E-state index in [0.717, 1.165) is 24.3 Å². The molecular formula is C22H7F10N3O2. The molecule has 0 radical (unpaired) electrons. The van der Waals surface area contributed by atoms with E-state index in [1.807, 2.05) is 0 Å². The molecule has 0 spiro atoms. The van der Waals surface area contributed by atoms with Gasteiger partial charge in [-0.05, 0) is 24.3 Å². The van der Waals surface area contributed by atoms with Crippen molar-refractivity contribution in [3.8, 4) is 0 Å². The van der Waals surface area contributed by atoms with Crippen molar-refractivity contribution in [1.82, 2.24) is 4.98 Å². The number of aromatic nitrogens is 1. The molecular weight excluding hydrogens is 528 g/mol. The standard InChI is InChI=1S/C22H7F10N3O2/c23-9-5-13(17(27)19(29)15(9)25)34(31)21(36)7-1-2-11-8(3-7)4-12(33-11)22(37)35(32)14-6-10(24)16(26)20(30)18(14)28/h1-6,33H. The molecule has 1 aromatic heterocycles. The lowest BCUT2D eigenvalue weighted by Crippen LogP contribution is -2.24. The lowest BCUT2D eigenvalue weighted by molar-refractivity contribution is 0.0920. The Balaban J connectivity index is 1.65. The summed E-state index contributed by atoms with van der Waals surface area (Å²) < 4.78 is 136. The first-order valence-electron chi connectivity index (χ1n) is 9.62. The van der Waals surface area contributed by atoms with Gasteiger partial charge in [-0.25, -0.2) is 35.1 Å². The van der Waals surface area contributed by atoms with E-state index in [9.17, 15) is 53.7 Å². The molecule has 0 aliphatic carbocycles. The van der Waals surface area contributed by atoms with Gasteiger partial charge in [-0.2, -0.15) is 0 Å². The Morgan fingerprint density at radius 2 is 1.08 bits per heavy atom. The van der Waals surface area contributed by atoms with Gasteiger partial charge in [0.2, 0.25) is 0 Å². The third-order valence-corrected chi connectivity index (χ3v) is 5.04. The van der Waals surface area contributed by atoms with Gasteiger partial charge in [0.15, 0.2) is 46.5 Å². The molecule has 4 rings (SSSR count). The van der Waals surface area contributed by atoms with E-state index in [1.165, 1.54) is 0 Å². The maximum Gasteiger partial charge on any atom is 0.302 e. The number of benzene rings is 3. The highest BCUT2D eigenvalue weighted by molar-refractivity contribution is 6.09. The van der Waals surface area contributed by atoms with Crippen molar-refractivity contribution in [3.63, 3.8) is 0 Å². The highest BCUT2D eigenvalue weighted by atomic mass is 19.2. The molecule has 5 nitrogen and oxygen atoms in total. The van der Waals surface area contributed by atoms with Gasteiger partial charge in [0, 0.05) is 28.6 Å². The van der Waals surface area contributed by atoms with Gasteiger partial charge in [-0.15, -0.1) is 10.2 Å². The zero-order chi connectivity index (χ0) is 27.3. The highest BCUT2D eigenvalue weighted by Gasteiger charge is 2.29. The van der Waals surface area contributed by atoms with Crippen LogP contribution < -0.4 is 10.2 Å². The van der Waals surface area contributed by atoms with Gasteiger partial charge < -0.3 is 4.98 Å². The van der Waals surface area contributed by atoms with Crippen LogP contribution in [0.5, 0.6) is 0 Å². The van der Waals surface area contributed by atoms with E-state index in [0.29, 0.717) is 0 Å². The Hall–Kier alpha value is -4.56. The average Bonchev–Trinajstić information content (AvgIpc) is 3.32. The van der Waals surface area contributed by atoms with Crippen molar-refractivity contribution in [2.24, 2.45) is 0 Å². The van der Waals surface area contributed by atoms with Crippen LogP contribution in [0.3, 0.4) is 0 Å². The fraction of sp³-hybridized carbons (Fsp3) is 0. The number of fused-ring (bicyclic) bond motifs is 1. The number of H-pyrrole nitrogens is 1. The quantitative estimate of drug-likeness (QED) is 0.144. The van der Waals surface area contributed by atoms with Crippen molar-refractivity contribution < 1.29 is 53.7 Å². The van der Waals surface area contributed by atoms with Crippen molar-refractivity contribution >= 4 is 34.1 Å². The zero-order valence-electron chi connectivity index (χ0n) is 17.5. The Labute approximate surface area is 198 Å². The normalized spacial score (nSPS) is 11.2. The summed E-state index contributed by atoms with van der Waals surface area (Å²) in [5, 5.41) is -2.14. The Bertz CT molecular complexity index is 1520. The number of nitrogens with one attached hydrogen (secondary N) is 1. The number of nitrogens with zero attached hydrogens (tertiary/aromatic N) is 2. The number of hydrogen-bond acceptors (Lipinski definition) is 2. The first-order valence-corrected chi connectivity index (χ1v) is 9.62. The number of amides is 2. The summed E-state index contributed by atoms with van der Waals surface area (Å²) in [4.78, 5) is 27.0. The molecule has 1 N–H and O–H groups in total. The number of hydrogen-bond donors (Lipinski definition) is 1. The number of rotatable bonds is 4. The van der Waals surface area contributed by atoms with Crippen LogP contribution in [-0.4, -0.2) is 16.8 Å². The molecule has 0 saturated carbocycles. The fourth-order valence-corrected chi connectivity index (χ4v) is 3.23. The van der Waals surface area contributed by atoms with Crippen LogP contribution in [0.4, 0.5) is 55.5 Å². The Morgan fingerprint density at radius 3 is 1.59 bits per heavy atom. The maximum absolute atomic E-state index is 14.5. The largest absolute Gasteiger partial charge is 0.350 e. The maximum atomic E-state index is 14.5. The molecule has 4 aromatic rings. The summed E-state index contributed by atoms with van der Waals surface area (Å²) in [6, 6.07) is 3.43. The summed E-state index contributed by atoms with van der Waals surface area (Å²) in [6.45, 7) is 0. The third kappa shape index (κ3) is 4.21. The molecule has 0 unspecified atom stereocenters. The van der Waals surface area contributed by atoms with Crippen molar-refractivity contribution in [2.75, 3.05) is 10.2 Å². The minimum atomic E-state index is -2.38. The molecule has 0 fully saturated rings. The van der Waals surface area contributed by atoms with E-state index in [-0.39, 0.29) is 23.0 Å². The van der Waals surface area contributed by atoms with Crippen LogP contribution in [0.2, 0.25) is 0 Å². The van der Waals surface area contributed by atoms with Gasteiger partial charge in [0.05, 0.1) is 0 Å².